The first-order valence-corrected chi connectivity index (χ1v) is 8.89. The number of amides is 1. The molecule has 1 aromatic rings. The second-order valence-corrected chi connectivity index (χ2v) is 7.89. The maximum Gasteiger partial charge on any atom is 0.417 e. The number of esters is 1. The summed E-state index contributed by atoms with van der Waals surface area (Å²) in [6, 6.07) is 0.315. The maximum absolute atomic E-state index is 13.0. The molecule has 28 heavy (non-hydrogen) atoms. The van der Waals surface area contributed by atoms with Gasteiger partial charge < -0.3 is 19.3 Å². The van der Waals surface area contributed by atoms with Gasteiger partial charge in [-0.3, -0.25) is 0 Å². The SMILES string of the molecule is CC1OC(=O)c2cc(C(F)(F)F)cnc2N2CCN(C(=O)OC(C)(C)C)C[C@H]12. The van der Waals surface area contributed by atoms with E-state index in [9.17, 15) is 22.8 Å². The Morgan fingerprint density at radius 2 is 1.96 bits per heavy atom. The van der Waals surface area contributed by atoms with Crippen LogP contribution in [-0.4, -0.2) is 59.3 Å². The smallest absolute Gasteiger partial charge is 0.417 e. The van der Waals surface area contributed by atoms with Gasteiger partial charge in [0, 0.05) is 25.8 Å². The number of hydrogen-bond donors (Lipinski definition) is 0. The molecule has 0 saturated carbocycles. The molecule has 2 aliphatic heterocycles. The van der Waals surface area contributed by atoms with Gasteiger partial charge in [0.25, 0.3) is 0 Å². The number of nitrogens with zero attached hydrogens (tertiary/aromatic N) is 3. The molecule has 0 aliphatic carbocycles. The van der Waals surface area contributed by atoms with Gasteiger partial charge in [0.1, 0.15) is 23.1 Å². The lowest BCUT2D eigenvalue weighted by Crippen LogP contribution is -2.59. The zero-order chi connectivity index (χ0) is 20.9. The first-order chi connectivity index (χ1) is 12.9. The highest BCUT2D eigenvalue weighted by Crippen LogP contribution is 2.35. The van der Waals surface area contributed by atoms with E-state index in [1.54, 1.807) is 32.6 Å². The van der Waals surface area contributed by atoms with Crippen molar-refractivity contribution in [1.29, 1.82) is 0 Å². The Bertz CT molecular complexity index is 791. The van der Waals surface area contributed by atoms with Crippen LogP contribution in [0.15, 0.2) is 12.3 Å². The standard InChI is InChI=1S/C18H22F3N3O4/c1-10-13-9-23(16(26)28-17(2,3)4)5-6-24(13)14-12(15(25)27-10)7-11(8-22-14)18(19,20)21/h7-8,10,13H,5-6,9H2,1-4H3/t10?,13-/m1/s1. The fourth-order valence-corrected chi connectivity index (χ4v) is 3.27. The highest BCUT2D eigenvalue weighted by atomic mass is 19.4. The molecule has 10 heteroatoms. The number of carbonyl (C=O) groups excluding carboxylic acids is 2. The number of alkyl halides is 3. The summed E-state index contributed by atoms with van der Waals surface area (Å²) in [5.41, 5.74) is -1.89. The average molecular weight is 401 g/mol. The lowest BCUT2D eigenvalue weighted by Gasteiger charge is -2.42. The molecule has 3 heterocycles. The zero-order valence-electron chi connectivity index (χ0n) is 16.0. The van der Waals surface area contributed by atoms with Gasteiger partial charge in [-0.05, 0) is 33.8 Å². The fraction of sp³-hybridized carbons (Fsp3) is 0.611. The van der Waals surface area contributed by atoms with Crippen molar-refractivity contribution in [1.82, 2.24) is 9.88 Å². The summed E-state index contributed by atoms with van der Waals surface area (Å²) in [7, 11) is 0. The maximum atomic E-state index is 13.0. The molecule has 1 amide bonds. The third-order valence-corrected chi connectivity index (χ3v) is 4.59. The molecule has 2 aliphatic rings. The summed E-state index contributed by atoms with van der Waals surface area (Å²) < 4.78 is 49.7. The molecular formula is C18H22F3N3O4. The van der Waals surface area contributed by atoms with E-state index < -0.39 is 41.5 Å². The number of cyclic esters (lactones) is 1. The summed E-state index contributed by atoms with van der Waals surface area (Å²) in [5, 5.41) is 0. The van der Waals surface area contributed by atoms with Crippen molar-refractivity contribution in [3.63, 3.8) is 0 Å². The van der Waals surface area contributed by atoms with Gasteiger partial charge in [-0.2, -0.15) is 13.2 Å². The number of rotatable bonds is 0. The van der Waals surface area contributed by atoms with E-state index in [2.05, 4.69) is 4.98 Å². The molecule has 0 radical (unpaired) electrons. The van der Waals surface area contributed by atoms with Crippen LogP contribution >= 0.6 is 0 Å². The monoisotopic (exact) mass is 401 g/mol. The summed E-state index contributed by atoms with van der Waals surface area (Å²) in [5.74, 6) is -0.726. The van der Waals surface area contributed by atoms with Crippen LogP contribution in [-0.2, 0) is 15.7 Å². The van der Waals surface area contributed by atoms with E-state index in [1.807, 2.05) is 0 Å². The Hall–Kier alpha value is -2.52. The number of aromatic nitrogens is 1. The Morgan fingerprint density at radius 1 is 1.29 bits per heavy atom. The van der Waals surface area contributed by atoms with Gasteiger partial charge in [-0.1, -0.05) is 0 Å². The molecular weight excluding hydrogens is 379 g/mol. The van der Waals surface area contributed by atoms with E-state index in [0.29, 0.717) is 6.20 Å². The van der Waals surface area contributed by atoms with Crippen LogP contribution in [0.2, 0.25) is 0 Å². The summed E-state index contributed by atoms with van der Waals surface area (Å²) in [6.07, 6.45) is -5.05. The van der Waals surface area contributed by atoms with Crippen LogP contribution < -0.4 is 4.90 Å². The molecule has 0 aromatic carbocycles. The molecule has 2 atom stereocenters. The third kappa shape index (κ3) is 4.00. The molecule has 7 nitrogen and oxygen atoms in total. The molecule has 3 rings (SSSR count). The van der Waals surface area contributed by atoms with Crippen LogP contribution in [0.1, 0.15) is 43.6 Å². The van der Waals surface area contributed by atoms with Crippen LogP contribution in [0.5, 0.6) is 0 Å². The van der Waals surface area contributed by atoms with Crippen LogP contribution in [0.3, 0.4) is 0 Å². The summed E-state index contributed by atoms with van der Waals surface area (Å²) in [6.45, 7) is 7.70. The average Bonchev–Trinajstić information content (AvgIpc) is 2.67. The number of ether oxygens (including phenoxy) is 2. The normalized spacial score (nSPS) is 22.8. The number of carbonyl (C=O) groups is 2. The van der Waals surface area contributed by atoms with E-state index in [4.69, 9.17) is 9.47 Å². The summed E-state index contributed by atoms with van der Waals surface area (Å²) in [4.78, 5) is 31.9. The van der Waals surface area contributed by atoms with Crippen molar-refractivity contribution in [3.8, 4) is 0 Å². The Labute approximate surface area is 160 Å². The highest BCUT2D eigenvalue weighted by Gasteiger charge is 2.42. The van der Waals surface area contributed by atoms with Crippen LogP contribution in [0, 0.1) is 0 Å². The number of piperazine rings is 1. The van der Waals surface area contributed by atoms with Crippen molar-refractivity contribution in [3.05, 3.63) is 23.4 Å². The van der Waals surface area contributed by atoms with Gasteiger partial charge in [0.15, 0.2) is 0 Å². The topological polar surface area (TPSA) is 72.0 Å². The quantitative estimate of drug-likeness (QED) is 0.622. The van der Waals surface area contributed by atoms with Gasteiger partial charge in [0.05, 0.1) is 11.6 Å². The van der Waals surface area contributed by atoms with Gasteiger partial charge >= 0.3 is 18.2 Å². The Kier molecular flexibility index (Phi) is 4.93. The van der Waals surface area contributed by atoms with Gasteiger partial charge in [0.2, 0.25) is 0 Å². The van der Waals surface area contributed by atoms with Crippen LogP contribution in [0.4, 0.5) is 23.8 Å². The molecule has 1 aromatic heterocycles. The molecule has 1 fully saturated rings. The van der Waals surface area contributed by atoms with Crippen molar-refractivity contribution in [2.24, 2.45) is 0 Å². The van der Waals surface area contributed by atoms with Gasteiger partial charge in [-0.25, -0.2) is 14.6 Å². The summed E-state index contributed by atoms with van der Waals surface area (Å²) >= 11 is 0. The second kappa shape index (κ2) is 6.82. The predicted molar refractivity (Wildman–Crippen MR) is 93.1 cm³/mol. The van der Waals surface area contributed by atoms with Crippen molar-refractivity contribution in [2.45, 2.75) is 51.6 Å². The number of halogens is 3. The first-order valence-electron chi connectivity index (χ1n) is 8.89. The third-order valence-electron chi connectivity index (χ3n) is 4.59. The minimum Gasteiger partial charge on any atom is -0.457 e. The lowest BCUT2D eigenvalue weighted by molar-refractivity contribution is -0.137. The first kappa shape index (κ1) is 20.2. The number of pyridine rings is 1. The second-order valence-electron chi connectivity index (χ2n) is 7.89. The van der Waals surface area contributed by atoms with E-state index in [0.717, 1.165) is 6.07 Å². The fourth-order valence-electron chi connectivity index (χ4n) is 3.27. The Morgan fingerprint density at radius 3 is 2.57 bits per heavy atom. The zero-order valence-corrected chi connectivity index (χ0v) is 16.0. The Balaban J connectivity index is 1.90. The van der Waals surface area contributed by atoms with E-state index >= 15 is 0 Å². The molecule has 0 spiro atoms. The largest absolute Gasteiger partial charge is 0.457 e. The molecule has 0 bridgehead atoms. The highest BCUT2D eigenvalue weighted by molar-refractivity contribution is 5.96. The lowest BCUT2D eigenvalue weighted by atomic mass is 10.1. The van der Waals surface area contributed by atoms with Gasteiger partial charge in [-0.15, -0.1) is 0 Å². The predicted octanol–water partition coefficient (Wildman–Crippen LogP) is 3.09. The minimum absolute atomic E-state index is 0.135. The number of hydrogen-bond acceptors (Lipinski definition) is 6. The molecule has 1 unspecified atom stereocenters. The van der Waals surface area contributed by atoms with Crippen molar-refractivity contribution >= 4 is 17.9 Å². The van der Waals surface area contributed by atoms with Crippen molar-refractivity contribution in [2.75, 3.05) is 24.5 Å². The number of anilines is 1. The molecule has 154 valence electrons. The van der Waals surface area contributed by atoms with E-state index in [1.165, 1.54) is 4.90 Å². The minimum atomic E-state index is -4.62. The molecule has 0 N–H and O–H groups in total. The van der Waals surface area contributed by atoms with Crippen molar-refractivity contribution < 1.29 is 32.2 Å². The van der Waals surface area contributed by atoms with Crippen LogP contribution in [0.25, 0.3) is 0 Å². The van der Waals surface area contributed by atoms with E-state index in [-0.39, 0.29) is 31.0 Å². The molecule has 1 saturated heterocycles. The number of fused-ring (bicyclic) bond motifs is 3.